The summed E-state index contributed by atoms with van der Waals surface area (Å²) in [7, 11) is 2.26. The fourth-order valence-corrected chi connectivity index (χ4v) is 2.76. The zero-order valence-electron chi connectivity index (χ0n) is 11.9. The molecule has 1 N–H and O–H groups in total. The van der Waals surface area contributed by atoms with Crippen LogP contribution in [0.2, 0.25) is 0 Å². The third-order valence-corrected chi connectivity index (χ3v) is 4.33. The van der Waals surface area contributed by atoms with Gasteiger partial charge in [-0.05, 0) is 50.9 Å². The predicted molar refractivity (Wildman–Crippen MR) is 77.9 cm³/mol. The largest absolute Gasteiger partial charge is 0.315 e. The zero-order chi connectivity index (χ0) is 13.0. The maximum atomic E-state index is 3.50. The summed E-state index contributed by atoms with van der Waals surface area (Å²) in [6, 6.07) is 10.3. The molecule has 2 heteroatoms. The lowest BCUT2D eigenvalue weighted by Gasteiger charge is -2.36. The van der Waals surface area contributed by atoms with E-state index < -0.39 is 0 Å². The van der Waals surface area contributed by atoms with Gasteiger partial charge in [0.05, 0.1) is 0 Å². The molecule has 18 heavy (non-hydrogen) atoms. The minimum Gasteiger partial charge on any atom is -0.315 e. The molecule has 1 aliphatic rings. The summed E-state index contributed by atoms with van der Waals surface area (Å²) in [6.45, 7) is 6.84. The second-order valence-electron chi connectivity index (χ2n) is 5.44. The molecule has 0 amide bonds. The van der Waals surface area contributed by atoms with Gasteiger partial charge in [0.1, 0.15) is 0 Å². The number of nitrogens with zero attached hydrogens (tertiary/aromatic N) is 1. The van der Waals surface area contributed by atoms with Crippen molar-refractivity contribution in [3.63, 3.8) is 0 Å². The average molecular weight is 246 g/mol. The van der Waals surface area contributed by atoms with Crippen LogP contribution in [0.3, 0.4) is 0 Å². The molecule has 0 aliphatic carbocycles. The van der Waals surface area contributed by atoms with Crippen molar-refractivity contribution in [2.75, 3.05) is 20.1 Å². The Balaban J connectivity index is 2.01. The van der Waals surface area contributed by atoms with Crippen LogP contribution < -0.4 is 5.32 Å². The Morgan fingerprint density at radius 1 is 1.33 bits per heavy atom. The fourth-order valence-electron chi connectivity index (χ4n) is 2.76. The van der Waals surface area contributed by atoms with Gasteiger partial charge in [0.15, 0.2) is 0 Å². The monoisotopic (exact) mass is 246 g/mol. The standard InChI is InChI=1S/C16H26N2/c1-4-14-7-9-15(10-8-14)13(2)18(3)16-6-5-11-17-12-16/h7-10,13,16-17H,4-6,11-12H2,1-3H3. The molecule has 0 spiro atoms. The van der Waals surface area contributed by atoms with Crippen molar-refractivity contribution in [2.24, 2.45) is 0 Å². The Bertz CT molecular complexity index is 352. The lowest BCUT2D eigenvalue weighted by Crippen LogP contribution is -2.45. The first-order valence-corrected chi connectivity index (χ1v) is 7.24. The van der Waals surface area contributed by atoms with Gasteiger partial charge in [0.2, 0.25) is 0 Å². The topological polar surface area (TPSA) is 15.3 Å². The first-order valence-electron chi connectivity index (χ1n) is 7.24. The van der Waals surface area contributed by atoms with E-state index >= 15 is 0 Å². The number of piperidine rings is 1. The van der Waals surface area contributed by atoms with Gasteiger partial charge in [-0.15, -0.1) is 0 Å². The van der Waals surface area contributed by atoms with Crippen LogP contribution in [0.4, 0.5) is 0 Å². The smallest absolute Gasteiger partial charge is 0.0320 e. The number of rotatable bonds is 4. The van der Waals surface area contributed by atoms with Crippen LogP contribution in [0.1, 0.15) is 43.9 Å². The van der Waals surface area contributed by atoms with E-state index in [9.17, 15) is 0 Å². The summed E-state index contributed by atoms with van der Waals surface area (Å²) >= 11 is 0. The molecule has 1 fully saturated rings. The molecule has 2 atom stereocenters. The first kappa shape index (κ1) is 13.6. The molecular formula is C16H26N2. The summed E-state index contributed by atoms with van der Waals surface area (Å²) in [5, 5.41) is 3.50. The van der Waals surface area contributed by atoms with Crippen LogP contribution in [0.5, 0.6) is 0 Å². The van der Waals surface area contributed by atoms with Crippen LogP contribution in [0.25, 0.3) is 0 Å². The third-order valence-electron chi connectivity index (χ3n) is 4.33. The van der Waals surface area contributed by atoms with Gasteiger partial charge in [0.25, 0.3) is 0 Å². The Hall–Kier alpha value is -0.860. The quantitative estimate of drug-likeness (QED) is 0.878. The van der Waals surface area contributed by atoms with Gasteiger partial charge < -0.3 is 5.32 Å². The lowest BCUT2D eigenvalue weighted by molar-refractivity contribution is 0.156. The van der Waals surface area contributed by atoms with Crippen molar-refractivity contribution in [1.82, 2.24) is 10.2 Å². The molecule has 2 rings (SSSR count). The second kappa shape index (κ2) is 6.35. The maximum Gasteiger partial charge on any atom is 0.0320 e. The van der Waals surface area contributed by atoms with E-state index in [4.69, 9.17) is 0 Å². The van der Waals surface area contributed by atoms with Crippen LogP contribution in [-0.2, 0) is 6.42 Å². The SMILES string of the molecule is CCc1ccc(C(C)N(C)C2CCCNC2)cc1. The number of hydrogen-bond donors (Lipinski definition) is 1. The van der Waals surface area contributed by atoms with E-state index in [1.807, 2.05) is 0 Å². The van der Waals surface area contributed by atoms with Crippen molar-refractivity contribution in [3.05, 3.63) is 35.4 Å². The summed E-state index contributed by atoms with van der Waals surface area (Å²) in [5.41, 5.74) is 2.85. The van der Waals surface area contributed by atoms with Crippen molar-refractivity contribution < 1.29 is 0 Å². The molecule has 1 aliphatic heterocycles. The normalized spacial score (nSPS) is 22.1. The number of aryl methyl sites for hydroxylation is 1. The van der Waals surface area contributed by atoms with E-state index in [0.717, 1.165) is 13.0 Å². The highest BCUT2D eigenvalue weighted by Crippen LogP contribution is 2.23. The number of nitrogens with one attached hydrogen (secondary N) is 1. The van der Waals surface area contributed by atoms with Gasteiger partial charge in [0, 0.05) is 18.6 Å². The van der Waals surface area contributed by atoms with E-state index in [1.54, 1.807) is 0 Å². The summed E-state index contributed by atoms with van der Waals surface area (Å²) in [5.74, 6) is 0. The number of hydrogen-bond acceptors (Lipinski definition) is 2. The molecule has 1 aromatic carbocycles. The fraction of sp³-hybridized carbons (Fsp3) is 0.625. The van der Waals surface area contributed by atoms with Crippen LogP contribution in [0.15, 0.2) is 24.3 Å². The molecule has 1 saturated heterocycles. The van der Waals surface area contributed by atoms with Crippen molar-refractivity contribution in [3.8, 4) is 0 Å². The minimum atomic E-state index is 0.501. The molecule has 1 heterocycles. The highest BCUT2D eigenvalue weighted by atomic mass is 15.2. The maximum absolute atomic E-state index is 3.50. The Morgan fingerprint density at radius 2 is 2.06 bits per heavy atom. The predicted octanol–water partition coefficient (Wildman–Crippen LogP) is 2.99. The van der Waals surface area contributed by atoms with Gasteiger partial charge in [-0.25, -0.2) is 0 Å². The second-order valence-corrected chi connectivity index (χ2v) is 5.44. The van der Waals surface area contributed by atoms with E-state index in [1.165, 1.54) is 30.5 Å². The van der Waals surface area contributed by atoms with Crippen LogP contribution >= 0.6 is 0 Å². The molecule has 0 bridgehead atoms. The van der Waals surface area contributed by atoms with Gasteiger partial charge in [-0.2, -0.15) is 0 Å². The highest BCUT2D eigenvalue weighted by Gasteiger charge is 2.22. The Kier molecular flexibility index (Phi) is 4.79. The number of benzene rings is 1. The molecule has 0 radical (unpaired) electrons. The Morgan fingerprint density at radius 3 is 2.61 bits per heavy atom. The van der Waals surface area contributed by atoms with Crippen molar-refractivity contribution in [2.45, 2.75) is 45.2 Å². The molecular weight excluding hydrogens is 220 g/mol. The van der Waals surface area contributed by atoms with Crippen LogP contribution in [-0.4, -0.2) is 31.1 Å². The molecule has 1 aromatic rings. The zero-order valence-corrected chi connectivity index (χ0v) is 11.9. The van der Waals surface area contributed by atoms with Crippen molar-refractivity contribution >= 4 is 0 Å². The van der Waals surface area contributed by atoms with Crippen LogP contribution in [0, 0.1) is 0 Å². The number of likely N-dealkylation sites (N-methyl/N-ethyl adjacent to an activating group) is 1. The van der Waals surface area contributed by atoms with E-state index in [2.05, 4.69) is 55.4 Å². The molecule has 0 aromatic heterocycles. The highest BCUT2D eigenvalue weighted by molar-refractivity contribution is 5.24. The summed E-state index contributed by atoms with van der Waals surface area (Å²) in [6.07, 6.45) is 3.74. The van der Waals surface area contributed by atoms with Gasteiger partial charge >= 0.3 is 0 Å². The third kappa shape index (κ3) is 3.12. The van der Waals surface area contributed by atoms with E-state index in [0.29, 0.717) is 12.1 Å². The summed E-state index contributed by atoms with van der Waals surface area (Å²) in [4.78, 5) is 2.52. The first-order chi connectivity index (χ1) is 8.72. The Labute approximate surface area is 111 Å². The van der Waals surface area contributed by atoms with Crippen molar-refractivity contribution in [1.29, 1.82) is 0 Å². The van der Waals surface area contributed by atoms with Gasteiger partial charge in [-0.1, -0.05) is 31.2 Å². The average Bonchev–Trinajstić information content (AvgIpc) is 2.47. The molecule has 2 nitrogen and oxygen atoms in total. The molecule has 100 valence electrons. The summed E-state index contributed by atoms with van der Waals surface area (Å²) < 4.78 is 0. The van der Waals surface area contributed by atoms with Gasteiger partial charge in [-0.3, -0.25) is 4.90 Å². The lowest BCUT2D eigenvalue weighted by atomic mass is 10.00. The molecule has 0 saturated carbocycles. The van der Waals surface area contributed by atoms with E-state index in [-0.39, 0.29) is 0 Å². The minimum absolute atomic E-state index is 0.501. The molecule has 2 unspecified atom stereocenters.